The van der Waals surface area contributed by atoms with E-state index in [1.54, 1.807) is 37.3 Å². The summed E-state index contributed by atoms with van der Waals surface area (Å²) < 4.78 is 43.5. The smallest absolute Gasteiger partial charge is 0.264 e. The zero-order chi connectivity index (χ0) is 33.3. The molecular weight excluding hydrogens is 601 g/mol. The van der Waals surface area contributed by atoms with Crippen LogP contribution in [0.4, 0.5) is 10.1 Å². The fraction of sp³-hybridized carbons (Fsp3) is 0.297. The Balaban J connectivity index is 1.81. The second-order valence-corrected chi connectivity index (χ2v) is 13.5. The van der Waals surface area contributed by atoms with E-state index < -0.39 is 34.3 Å². The minimum atomic E-state index is -4.20. The number of rotatable bonds is 14. The maximum absolute atomic E-state index is 14.6. The largest absolute Gasteiger partial charge is 0.354 e. The first-order valence-corrected chi connectivity index (χ1v) is 17.0. The van der Waals surface area contributed by atoms with Crippen molar-refractivity contribution >= 4 is 27.5 Å². The number of nitrogens with zero attached hydrogens (tertiary/aromatic N) is 2. The Morgan fingerprint density at radius 3 is 2.13 bits per heavy atom. The second-order valence-electron chi connectivity index (χ2n) is 11.6. The van der Waals surface area contributed by atoms with Gasteiger partial charge in [-0.25, -0.2) is 12.8 Å². The molecule has 0 radical (unpaired) electrons. The molecule has 242 valence electrons. The van der Waals surface area contributed by atoms with Crippen LogP contribution in [-0.4, -0.2) is 44.3 Å². The zero-order valence-corrected chi connectivity index (χ0v) is 27.7. The Morgan fingerprint density at radius 2 is 1.48 bits per heavy atom. The molecule has 0 bridgehead atoms. The molecular formula is C37H42FN3O4S. The third kappa shape index (κ3) is 8.81. The maximum Gasteiger partial charge on any atom is 0.264 e. The van der Waals surface area contributed by atoms with E-state index in [4.69, 9.17) is 0 Å². The lowest BCUT2D eigenvalue weighted by Gasteiger charge is -2.34. The van der Waals surface area contributed by atoms with Crippen LogP contribution in [0.15, 0.2) is 102 Å². The first-order chi connectivity index (χ1) is 22.0. The van der Waals surface area contributed by atoms with Crippen molar-refractivity contribution < 1.29 is 22.4 Å². The molecule has 1 N–H and O–H groups in total. The number of sulfonamides is 1. The van der Waals surface area contributed by atoms with Crippen LogP contribution in [0.3, 0.4) is 0 Å². The van der Waals surface area contributed by atoms with Gasteiger partial charge in [0.1, 0.15) is 18.4 Å². The quantitative estimate of drug-likeness (QED) is 0.159. The van der Waals surface area contributed by atoms with E-state index in [0.29, 0.717) is 23.4 Å². The number of nitrogens with one attached hydrogen (secondary N) is 1. The Labute approximate surface area is 272 Å². The van der Waals surface area contributed by atoms with Gasteiger partial charge in [0.05, 0.1) is 10.6 Å². The van der Waals surface area contributed by atoms with Gasteiger partial charge in [-0.05, 0) is 79.8 Å². The summed E-state index contributed by atoms with van der Waals surface area (Å²) in [6, 6.07) is 26.1. The SMILES string of the molecule is CCCCNC(=O)[C@@H](Cc1ccccc1)N(Cc1ccc(F)cc1)C(=O)CN(c1cc(C)ccc1C)S(=O)(=O)c1ccc(C)cc1. The third-order valence-corrected chi connectivity index (χ3v) is 9.66. The Hall–Kier alpha value is -4.50. The first-order valence-electron chi connectivity index (χ1n) is 15.5. The van der Waals surface area contributed by atoms with Crippen LogP contribution in [0.1, 0.15) is 47.6 Å². The van der Waals surface area contributed by atoms with Crippen LogP contribution < -0.4 is 9.62 Å². The van der Waals surface area contributed by atoms with E-state index in [-0.39, 0.29) is 23.8 Å². The number of carbonyl (C=O) groups is 2. The monoisotopic (exact) mass is 643 g/mol. The predicted molar refractivity (Wildman–Crippen MR) is 180 cm³/mol. The van der Waals surface area contributed by atoms with Crippen molar-refractivity contribution in [3.05, 3.63) is 131 Å². The molecule has 7 nitrogen and oxygen atoms in total. The van der Waals surface area contributed by atoms with Gasteiger partial charge >= 0.3 is 0 Å². The highest BCUT2D eigenvalue weighted by Crippen LogP contribution is 2.29. The number of halogens is 1. The summed E-state index contributed by atoms with van der Waals surface area (Å²) in [4.78, 5) is 29.9. The second kappa shape index (κ2) is 15.7. The highest BCUT2D eigenvalue weighted by atomic mass is 32.2. The number of aryl methyl sites for hydroxylation is 3. The fourth-order valence-electron chi connectivity index (χ4n) is 5.19. The van der Waals surface area contributed by atoms with Crippen molar-refractivity contribution in [1.29, 1.82) is 0 Å². The molecule has 0 fully saturated rings. The lowest BCUT2D eigenvalue weighted by Crippen LogP contribution is -2.53. The van der Waals surface area contributed by atoms with Gasteiger partial charge in [-0.2, -0.15) is 0 Å². The molecule has 4 aromatic rings. The zero-order valence-electron chi connectivity index (χ0n) is 26.9. The average Bonchev–Trinajstić information content (AvgIpc) is 3.04. The summed E-state index contributed by atoms with van der Waals surface area (Å²) in [5.41, 5.74) is 4.23. The van der Waals surface area contributed by atoms with Crippen molar-refractivity contribution in [1.82, 2.24) is 10.2 Å². The summed E-state index contributed by atoms with van der Waals surface area (Å²) in [6.07, 6.45) is 1.86. The molecule has 46 heavy (non-hydrogen) atoms. The summed E-state index contributed by atoms with van der Waals surface area (Å²) in [5.74, 6) is -1.33. The van der Waals surface area contributed by atoms with E-state index in [2.05, 4.69) is 5.32 Å². The number of carbonyl (C=O) groups excluding carboxylic acids is 2. The van der Waals surface area contributed by atoms with Crippen LogP contribution in [0.5, 0.6) is 0 Å². The number of anilines is 1. The normalized spacial score (nSPS) is 11.9. The van der Waals surface area contributed by atoms with Gasteiger partial charge in [0.2, 0.25) is 11.8 Å². The lowest BCUT2D eigenvalue weighted by atomic mass is 10.0. The minimum absolute atomic E-state index is 0.0248. The molecule has 9 heteroatoms. The molecule has 0 saturated carbocycles. The van der Waals surface area contributed by atoms with E-state index in [1.165, 1.54) is 29.2 Å². The van der Waals surface area contributed by atoms with E-state index in [0.717, 1.165) is 33.8 Å². The average molecular weight is 644 g/mol. The Kier molecular flexibility index (Phi) is 11.7. The molecule has 0 heterocycles. The van der Waals surface area contributed by atoms with Crippen LogP contribution in [0.25, 0.3) is 0 Å². The molecule has 0 aliphatic rings. The summed E-state index contributed by atoms with van der Waals surface area (Å²) in [5, 5.41) is 2.97. The predicted octanol–water partition coefficient (Wildman–Crippen LogP) is 6.50. The van der Waals surface area contributed by atoms with Crippen molar-refractivity contribution in [3.63, 3.8) is 0 Å². The summed E-state index contributed by atoms with van der Waals surface area (Å²) in [6.45, 7) is 7.42. The minimum Gasteiger partial charge on any atom is -0.354 e. The molecule has 1 atom stereocenters. The molecule has 0 unspecified atom stereocenters. The van der Waals surface area contributed by atoms with Gasteiger partial charge < -0.3 is 10.2 Å². The highest BCUT2D eigenvalue weighted by Gasteiger charge is 2.35. The Morgan fingerprint density at radius 1 is 0.826 bits per heavy atom. The van der Waals surface area contributed by atoms with E-state index in [1.807, 2.05) is 63.2 Å². The molecule has 4 aromatic carbocycles. The number of benzene rings is 4. The fourth-order valence-corrected chi connectivity index (χ4v) is 6.66. The molecule has 0 aromatic heterocycles. The summed E-state index contributed by atoms with van der Waals surface area (Å²) >= 11 is 0. The van der Waals surface area contributed by atoms with Crippen molar-refractivity contribution in [2.24, 2.45) is 0 Å². The van der Waals surface area contributed by atoms with Crippen LogP contribution in [0, 0.1) is 26.6 Å². The van der Waals surface area contributed by atoms with Crippen LogP contribution in [0.2, 0.25) is 0 Å². The van der Waals surface area contributed by atoms with E-state index >= 15 is 0 Å². The van der Waals surface area contributed by atoms with Gasteiger partial charge in [0.15, 0.2) is 0 Å². The standard InChI is InChI=1S/C37H42FN3O4S/c1-5-6-22-39-37(43)35(24-30-10-8-7-9-11-30)40(25-31-16-18-32(38)19-17-31)36(42)26-41(34-23-28(3)12-15-29(34)4)46(44,45)33-20-13-27(2)14-21-33/h7-21,23,35H,5-6,22,24-26H2,1-4H3,(H,39,43)/t35-/m1/s1. The molecule has 0 aliphatic carbocycles. The topological polar surface area (TPSA) is 86.8 Å². The number of hydrogen-bond donors (Lipinski definition) is 1. The number of amides is 2. The van der Waals surface area contributed by atoms with Crippen LogP contribution >= 0.6 is 0 Å². The molecule has 0 aliphatic heterocycles. The van der Waals surface area contributed by atoms with E-state index in [9.17, 15) is 22.4 Å². The lowest BCUT2D eigenvalue weighted by molar-refractivity contribution is -0.140. The molecule has 4 rings (SSSR count). The van der Waals surface area contributed by atoms with Crippen molar-refractivity contribution in [2.45, 2.75) is 64.4 Å². The van der Waals surface area contributed by atoms with Gasteiger partial charge in [-0.15, -0.1) is 0 Å². The molecule has 0 spiro atoms. The maximum atomic E-state index is 14.6. The molecule has 2 amide bonds. The highest BCUT2D eigenvalue weighted by molar-refractivity contribution is 7.92. The van der Waals surface area contributed by atoms with Crippen LogP contribution in [-0.2, 0) is 32.6 Å². The summed E-state index contributed by atoms with van der Waals surface area (Å²) in [7, 11) is -4.20. The van der Waals surface area contributed by atoms with Gasteiger partial charge in [-0.3, -0.25) is 13.9 Å². The number of hydrogen-bond acceptors (Lipinski definition) is 4. The van der Waals surface area contributed by atoms with Gasteiger partial charge in [-0.1, -0.05) is 85.6 Å². The van der Waals surface area contributed by atoms with Gasteiger partial charge in [0.25, 0.3) is 10.0 Å². The van der Waals surface area contributed by atoms with Crippen molar-refractivity contribution in [2.75, 3.05) is 17.4 Å². The van der Waals surface area contributed by atoms with Gasteiger partial charge in [0, 0.05) is 19.5 Å². The molecule has 0 saturated heterocycles. The van der Waals surface area contributed by atoms with Crippen molar-refractivity contribution in [3.8, 4) is 0 Å². The first kappa shape index (κ1) is 34.4. The third-order valence-electron chi connectivity index (χ3n) is 7.89. The number of unbranched alkanes of at least 4 members (excludes halogenated alkanes) is 1. The Bertz CT molecular complexity index is 1730.